The molecule has 1 heteroatoms. The van der Waals surface area contributed by atoms with E-state index >= 15 is 0 Å². The predicted molar refractivity (Wildman–Crippen MR) is 36.5 cm³/mol. The van der Waals surface area contributed by atoms with Crippen molar-refractivity contribution in [2.24, 2.45) is 5.92 Å². The first-order valence-corrected chi connectivity index (χ1v) is 3.63. The first-order chi connectivity index (χ1) is 3.80. The minimum Gasteiger partial charge on any atom is -0.314 e. The Labute approximate surface area is 83.7 Å². The van der Waals surface area contributed by atoms with Gasteiger partial charge in [0.05, 0.1) is 0 Å². The molecule has 1 rings (SSSR count). The Kier molecular flexibility index (Phi) is 5.44. The Morgan fingerprint density at radius 1 is 1.33 bits per heavy atom. The van der Waals surface area contributed by atoms with E-state index in [0.717, 1.165) is 5.92 Å². The molecule has 0 radical (unpaired) electrons. The van der Waals surface area contributed by atoms with E-state index in [2.05, 4.69) is 13.8 Å². The standard InChI is InChI=1S/C8H15.Y/c1-7-5-3-4-6-8(7)2;/h7H,3-6H2,1-2H3;/q-1;+3. The van der Waals surface area contributed by atoms with Crippen molar-refractivity contribution in [3.63, 3.8) is 0 Å². The van der Waals surface area contributed by atoms with Crippen LogP contribution in [-0.4, -0.2) is 0 Å². The Morgan fingerprint density at radius 2 is 2.00 bits per heavy atom. The first kappa shape index (κ1) is 10.1. The zero-order valence-corrected chi connectivity index (χ0v) is 9.32. The predicted octanol–water partition coefficient (Wildman–Crippen LogP) is 2.79. The Morgan fingerprint density at radius 3 is 2.33 bits per heavy atom. The summed E-state index contributed by atoms with van der Waals surface area (Å²) in [7, 11) is 0. The molecule has 1 fully saturated rings. The summed E-state index contributed by atoms with van der Waals surface area (Å²) < 4.78 is 0. The van der Waals surface area contributed by atoms with Crippen LogP contribution >= 0.6 is 0 Å². The fourth-order valence-corrected chi connectivity index (χ4v) is 1.35. The van der Waals surface area contributed by atoms with Crippen molar-refractivity contribution in [1.82, 2.24) is 0 Å². The second kappa shape index (κ2) is 4.85. The van der Waals surface area contributed by atoms with Crippen LogP contribution < -0.4 is 0 Å². The molecule has 48 valence electrons. The van der Waals surface area contributed by atoms with Crippen molar-refractivity contribution in [2.75, 3.05) is 0 Å². The first-order valence-electron chi connectivity index (χ1n) is 3.63. The smallest absolute Gasteiger partial charge is 0.314 e. The fourth-order valence-electron chi connectivity index (χ4n) is 1.35. The molecule has 0 aliphatic heterocycles. The van der Waals surface area contributed by atoms with Gasteiger partial charge in [-0.15, -0.1) is 0 Å². The van der Waals surface area contributed by atoms with Crippen LogP contribution in [0.2, 0.25) is 0 Å². The zero-order valence-electron chi connectivity index (χ0n) is 6.48. The minimum absolute atomic E-state index is 0. The Hall–Kier alpha value is 1.10. The summed E-state index contributed by atoms with van der Waals surface area (Å²) in [4.78, 5) is 0. The van der Waals surface area contributed by atoms with Crippen LogP contribution in [0.1, 0.15) is 39.5 Å². The second-order valence-electron chi connectivity index (χ2n) is 2.99. The SMILES string of the molecule is C[C-]1CCCCC1C.[Y+3]. The third-order valence-corrected chi connectivity index (χ3v) is 2.30. The van der Waals surface area contributed by atoms with E-state index in [-0.39, 0.29) is 32.7 Å². The van der Waals surface area contributed by atoms with Crippen molar-refractivity contribution in [3.05, 3.63) is 5.92 Å². The van der Waals surface area contributed by atoms with E-state index in [4.69, 9.17) is 0 Å². The van der Waals surface area contributed by atoms with Gasteiger partial charge in [-0.25, -0.2) is 0 Å². The molecule has 1 unspecified atom stereocenters. The van der Waals surface area contributed by atoms with E-state index in [1.54, 1.807) is 5.92 Å². The molecule has 1 aliphatic rings. The monoisotopic (exact) mass is 200 g/mol. The van der Waals surface area contributed by atoms with Gasteiger partial charge in [0.2, 0.25) is 0 Å². The van der Waals surface area contributed by atoms with Gasteiger partial charge in [0.25, 0.3) is 0 Å². The molecule has 0 heterocycles. The van der Waals surface area contributed by atoms with Gasteiger partial charge in [-0.2, -0.15) is 19.3 Å². The van der Waals surface area contributed by atoms with Gasteiger partial charge in [0.15, 0.2) is 0 Å². The molecule has 1 atom stereocenters. The third kappa shape index (κ3) is 3.14. The summed E-state index contributed by atoms with van der Waals surface area (Å²) in [6, 6.07) is 0. The van der Waals surface area contributed by atoms with E-state index in [9.17, 15) is 0 Å². The zero-order chi connectivity index (χ0) is 5.98. The Balaban J connectivity index is 0.000000640. The van der Waals surface area contributed by atoms with E-state index in [1.165, 1.54) is 25.7 Å². The molecule has 0 saturated heterocycles. The molecule has 0 amide bonds. The second-order valence-corrected chi connectivity index (χ2v) is 2.99. The molecule has 0 spiro atoms. The van der Waals surface area contributed by atoms with Crippen LogP contribution in [-0.2, 0) is 32.7 Å². The van der Waals surface area contributed by atoms with Crippen LogP contribution in [0.25, 0.3) is 0 Å². The Bertz CT molecular complexity index is 61.0. The maximum absolute atomic E-state index is 2.34. The average Bonchev–Trinajstić information content (AvgIpc) is 1.77. The molecule has 0 nitrogen and oxygen atoms in total. The summed E-state index contributed by atoms with van der Waals surface area (Å²) in [5.41, 5.74) is 0. The van der Waals surface area contributed by atoms with Gasteiger partial charge in [0, 0.05) is 0 Å². The molecule has 0 N–H and O–H groups in total. The summed E-state index contributed by atoms with van der Waals surface area (Å²) in [6.45, 7) is 4.64. The topological polar surface area (TPSA) is 0 Å². The number of hydrogen-bond donors (Lipinski definition) is 0. The van der Waals surface area contributed by atoms with Gasteiger partial charge in [-0.05, 0) is 0 Å². The summed E-state index contributed by atoms with van der Waals surface area (Å²) in [5.74, 6) is 2.64. The normalized spacial score (nSPS) is 29.3. The number of hydrogen-bond acceptors (Lipinski definition) is 0. The third-order valence-electron chi connectivity index (χ3n) is 2.30. The maximum atomic E-state index is 2.34. The van der Waals surface area contributed by atoms with Crippen LogP contribution in [0.5, 0.6) is 0 Å². The molecule has 0 aromatic heterocycles. The number of rotatable bonds is 0. The van der Waals surface area contributed by atoms with E-state index < -0.39 is 0 Å². The van der Waals surface area contributed by atoms with Crippen LogP contribution in [0.3, 0.4) is 0 Å². The van der Waals surface area contributed by atoms with Gasteiger partial charge < -0.3 is 5.92 Å². The average molecular weight is 200 g/mol. The van der Waals surface area contributed by atoms with Crippen molar-refractivity contribution in [3.8, 4) is 0 Å². The molecule has 1 aliphatic carbocycles. The van der Waals surface area contributed by atoms with Gasteiger partial charge >= 0.3 is 32.7 Å². The molecule has 9 heavy (non-hydrogen) atoms. The minimum atomic E-state index is 0. The van der Waals surface area contributed by atoms with E-state index in [1.807, 2.05) is 0 Å². The van der Waals surface area contributed by atoms with Gasteiger partial charge in [0.1, 0.15) is 0 Å². The quantitative estimate of drug-likeness (QED) is 0.527. The summed E-state index contributed by atoms with van der Waals surface area (Å²) >= 11 is 0. The molecule has 1 saturated carbocycles. The fraction of sp³-hybridized carbons (Fsp3) is 0.875. The summed E-state index contributed by atoms with van der Waals surface area (Å²) in [6.07, 6.45) is 5.72. The summed E-state index contributed by atoms with van der Waals surface area (Å²) in [5, 5.41) is 0. The molecule has 0 aromatic rings. The molecular weight excluding hydrogens is 185 g/mol. The molecule has 0 aromatic carbocycles. The molecular formula is C8H15Y+2. The maximum Gasteiger partial charge on any atom is 3.00 e. The van der Waals surface area contributed by atoms with E-state index in [0.29, 0.717) is 0 Å². The van der Waals surface area contributed by atoms with Crippen molar-refractivity contribution in [2.45, 2.75) is 39.5 Å². The largest absolute Gasteiger partial charge is 3.00 e. The van der Waals surface area contributed by atoms with Crippen molar-refractivity contribution < 1.29 is 32.7 Å². The van der Waals surface area contributed by atoms with Crippen LogP contribution in [0, 0.1) is 11.8 Å². The van der Waals surface area contributed by atoms with Crippen LogP contribution in [0.4, 0.5) is 0 Å². The molecule has 0 bridgehead atoms. The van der Waals surface area contributed by atoms with Crippen molar-refractivity contribution >= 4 is 0 Å². The van der Waals surface area contributed by atoms with Gasteiger partial charge in [-0.1, -0.05) is 26.2 Å². The van der Waals surface area contributed by atoms with Crippen LogP contribution in [0.15, 0.2) is 0 Å². The van der Waals surface area contributed by atoms with Gasteiger partial charge in [-0.3, -0.25) is 0 Å². The van der Waals surface area contributed by atoms with Crippen molar-refractivity contribution in [1.29, 1.82) is 0 Å².